The van der Waals surface area contributed by atoms with E-state index >= 15 is 0 Å². The maximum Gasteiger partial charge on any atom is 0.453 e. The van der Waals surface area contributed by atoms with Gasteiger partial charge in [-0.1, -0.05) is 0 Å². The summed E-state index contributed by atoms with van der Waals surface area (Å²) in [5.74, 6) is -1.36. The van der Waals surface area contributed by atoms with Crippen LogP contribution in [0.3, 0.4) is 0 Å². The van der Waals surface area contributed by atoms with Crippen LogP contribution in [-0.2, 0) is 16.0 Å². The van der Waals surface area contributed by atoms with E-state index in [1.807, 2.05) is 0 Å². The Morgan fingerprint density at radius 3 is 2.40 bits per heavy atom. The van der Waals surface area contributed by atoms with Gasteiger partial charge in [0.25, 0.3) is 5.82 Å². The highest BCUT2D eigenvalue weighted by Crippen LogP contribution is 2.25. The van der Waals surface area contributed by atoms with Crippen LogP contribution in [0, 0.1) is 6.92 Å². The molecule has 0 radical (unpaired) electrons. The predicted octanol–water partition coefficient (Wildman–Crippen LogP) is 0.788. The van der Waals surface area contributed by atoms with Crippen LogP contribution in [0.25, 0.3) is 5.82 Å². The summed E-state index contributed by atoms with van der Waals surface area (Å²) in [4.78, 5) is 10.6. The normalized spacial score (nSPS) is 12.7. The number of hydrogen-bond acceptors (Lipinski definition) is 6. The van der Waals surface area contributed by atoms with E-state index in [1.54, 1.807) is 0 Å². The Bertz CT molecular complexity index is 753. The summed E-state index contributed by atoms with van der Waals surface area (Å²) in [5.41, 5.74) is 0. The van der Waals surface area contributed by atoms with Crippen LogP contribution in [0.5, 0.6) is 0 Å². The minimum absolute atomic E-state index is 0.0898. The van der Waals surface area contributed by atoms with Crippen LogP contribution >= 0.6 is 0 Å². The maximum absolute atomic E-state index is 12.4. The molecule has 7 nitrogen and oxygen atoms in total. The summed E-state index contributed by atoms with van der Waals surface area (Å²) in [7, 11) is -3.61. The van der Waals surface area contributed by atoms with Crippen molar-refractivity contribution in [1.82, 2.24) is 24.7 Å². The van der Waals surface area contributed by atoms with Crippen molar-refractivity contribution in [2.45, 2.75) is 18.1 Å². The summed E-state index contributed by atoms with van der Waals surface area (Å²) in [6, 6.07) is 1.02. The van der Waals surface area contributed by atoms with E-state index in [-0.39, 0.29) is 16.7 Å². The minimum atomic E-state index is -4.69. The van der Waals surface area contributed by atoms with Crippen molar-refractivity contribution < 1.29 is 21.6 Å². The van der Waals surface area contributed by atoms with Gasteiger partial charge < -0.3 is 0 Å². The van der Waals surface area contributed by atoms with Crippen molar-refractivity contribution in [3.05, 3.63) is 24.0 Å². The van der Waals surface area contributed by atoms with Gasteiger partial charge in [-0.25, -0.2) is 28.1 Å². The zero-order valence-electron chi connectivity index (χ0n) is 10.2. The Labute approximate surface area is 111 Å². The molecule has 0 unspecified atom stereocenters. The number of nitrogens with zero attached hydrogens (tertiary/aromatic N) is 5. The predicted molar refractivity (Wildman–Crippen MR) is 59.8 cm³/mol. The number of rotatable bonds is 2. The first-order chi connectivity index (χ1) is 9.07. The molecule has 0 aromatic carbocycles. The Morgan fingerprint density at radius 2 is 1.90 bits per heavy atom. The van der Waals surface area contributed by atoms with Crippen LogP contribution < -0.4 is 0 Å². The second-order valence-corrected chi connectivity index (χ2v) is 5.86. The highest BCUT2D eigenvalue weighted by Gasteiger charge is 2.36. The van der Waals surface area contributed by atoms with E-state index in [4.69, 9.17) is 0 Å². The molecule has 0 aliphatic rings. The molecule has 0 bridgehead atoms. The van der Waals surface area contributed by atoms with Crippen molar-refractivity contribution in [2.24, 2.45) is 0 Å². The van der Waals surface area contributed by atoms with Crippen LogP contribution in [0.4, 0.5) is 13.2 Å². The molecule has 0 aliphatic carbocycles. The van der Waals surface area contributed by atoms with Gasteiger partial charge in [-0.2, -0.15) is 13.2 Å². The SMILES string of the molecule is Cc1nc(-n2cnc(C(F)(F)F)n2)cc(S(C)(=O)=O)n1. The molecule has 0 amide bonds. The van der Waals surface area contributed by atoms with E-state index < -0.39 is 21.8 Å². The first-order valence-electron chi connectivity index (χ1n) is 5.12. The maximum atomic E-state index is 12.4. The largest absolute Gasteiger partial charge is 0.453 e. The average molecular weight is 307 g/mol. The van der Waals surface area contributed by atoms with E-state index in [0.29, 0.717) is 0 Å². The smallest absolute Gasteiger partial charge is 0.222 e. The van der Waals surface area contributed by atoms with Gasteiger partial charge in [0.1, 0.15) is 12.2 Å². The van der Waals surface area contributed by atoms with E-state index in [2.05, 4.69) is 20.1 Å². The van der Waals surface area contributed by atoms with Crippen molar-refractivity contribution >= 4 is 9.84 Å². The van der Waals surface area contributed by atoms with E-state index in [9.17, 15) is 21.6 Å². The summed E-state index contributed by atoms with van der Waals surface area (Å²) < 4.78 is 60.8. The Morgan fingerprint density at radius 1 is 1.25 bits per heavy atom. The number of aromatic nitrogens is 5. The zero-order chi connectivity index (χ0) is 15.1. The number of hydrogen-bond donors (Lipinski definition) is 0. The molecule has 11 heteroatoms. The quantitative estimate of drug-likeness (QED) is 0.762. The molecule has 108 valence electrons. The highest BCUT2D eigenvalue weighted by atomic mass is 32.2. The van der Waals surface area contributed by atoms with Gasteiger partial charge in [-0.3, -0.25) is 0 Å². The molecule has 0 saturated heterocycles. The molecule has 0 spiro atoms. The molecule has 0 atom stereocenters. The lowest BCUT2D eigenvalue weighted by Gasteiger charge is -2.04. The molecule has 2 rings (SSSR count). The van der Waals surface area contributed by atoms with Crippen LogP contribution in [0.2, 0.25) is 0 Å². The molecule has 2 aromatic rings. The minimum Gasteiger partial charge on any atom is -0.222 e. The average Bonchev–Trinajstić information content (AvgIpc) is 2.75. The third-order valence-electron chi connectivity index (χ3n) is 2.16. The van der Waals surface area contributed by atoms with Gasteiger partial charge in [-0.15, -0.1) is 5.10 Å². The fourth-order valence-corrected chi connectivity index (χ4v) is 1.95. The van der Waals surface area contributed by atoms with Crippen LogP contribution in [0.15, 0.2) is 17.4 Å². The molecular weight excluding hydrogens is 299 g/mol. The summed E-state index contributed by atoms with van der Waals surface area (Å²) in [5, 5.41) is 2.91. The van der Waals surface area contributed by atoms with Gasteiger partial charge in [-0.05, 0) is 6.92 Å². The molecule has 20 heavy (non-hydrogen) atoms. The standard InChI is InChI=1S/C9H8F3N5O2S/c1-5-14-6(3-7(15-5)20(2,18)19)17-4-13-8(16-17)9(10,11)12/h3-4H,1-2H3. The Kier molecular flexibility index (Phi) is 3.24. The summed E-state index contributed by atoms with van der Waals surface area (Å²) >= 11 is 0. The van der Waals surface area contributed by atoms with Gasteiger partial charge >= 0.3 is 6.18 Å². The lowest BCUT2D eigenvalue weighted by Crippen LogP contribution is -2.10. The van der Waals surface area contributed by atoms with Crippen molar-refractivity contribution in [2.75, 3.05) is 6.26 Å². The third-order valence-corrected chi connectivity index (χ3v) is 3.13. The van der Waals surface area contributed by atoms with Gasteiger partial charge in [0.05, 0.1) is 0 Å². The van der Waals surface area contributed by atoms with Gasteiger partial charge in [0.15, 0.2) is 20.7 Å². The first-order valence-corrected chi connectivity index (χ1v) is 7.01. The van der Waals surface area contributed by atoms with Crippen LogP contribution in [-0.4, -0.2) is 39.4 Å². The molecule has 0 fully saturated rings. The van der Waals surface area contributed by atoms with Gasteiger partial charge in [0, 0.05) is 12.3 Å². The van der Waals surface area contributed by atoms with E-state index in [0.717, 1.165) is 23.3 Å². The lowest BCUT2D eigenvalue weighted by molar-refractivity contribution is -0.144. The van der Waals surface area contributed by atoms with Crippen molar-refractivity contribution in [3.8, 4) is 5.82 Å². The first kappa shape index (κ1) is 14.4. The van der Waals surface area contributed by atoms with Crippen molar-refractivity contribution in [1.29, 1.82) is 0 Å². The fraction of sp³-hybridized carbons (Fsp3) is 0.333. The van der Waals surface area contributed by atoms with Gasteiger partial charge in [0.2, 0.25) is 0 Å². The fourth-order valence-electron chi connectivity index (χ4n) is 1.34. The number of aryl methyl sites for hydroxylation is 1. The topological polar surface area (TPSA) is 90.6 Å². The second-order valence-electron chi connectivity index (χ2n) is 3.89. The molecule has 0 N–H and O–H groups in total. The third kappa shape index (κ3) is 2.92. The molecule has 0 aliphatic heterocycles. The lowest BCUT2D eigenvalue weighted by atomic mass is 10.5. The number of halogens is 3. The molecule has 2 aromatic heterocycles. The molecular formula is C9H8F3N5O2S. The second kappa shape index (κ2) is 4.51. The summed E-state index contributed by atoms with van der Waals surface area (Å²) in [6.45, 7) is 1.42. The number of sulfone groups is 1. The zero-order valence-corrected chi connectivity index (χ0v) is 11.1. The Hall–Kier alpha value is -2.04. The van der Waals surface area contributed by atoms with Crippen LogP contribution in [0.1, 0.15) is 11.6 Å². The molecule has 0 saturated carbocycles. The Balaban J connectivity index is 2.54. The number of alkyl halides is 3. The molecule has 2 heterocycles. The highest BCUT2D eigenvalue weighted by molar-refractivity contribution is 7.90. The summed E-state index contributed by atoms with van der Waals surface area (Å²) in [6.07, 6.45) is -2.95. The van der Waals surface area contributed by atoms with Crippen molar-refractivity contribution in [3.63, 3.8) is 0 Å². The van der Waals surface area contributed by atoms with E-state index in [1.165, 1.54) is 6.92 Å². The monoisotopic (exact) mass is 307 g/mol.